The highest BCUT2D eigenvalue weighted by Crippen LogP contribution is 2.66. The van der Waals surface area contributed by atoms with Crippen LogP contribution >= 0.6 is 0 Å². The molecule has 0 saturated heterocycles. The zero-order valence-corrected chi connectivity index (χ0v) is 19.5. The molecule has 0 spiro atoms. The van der Waals surface area contributed by atoms with E-state index < -0.39 is 5.60 Å². The average molecular weight is 444 g/mol. The van der Waals surface area contributed by atoms with Crippen LogP contribution in [0.5, 0.6) is 0 Å². The van der Waals surface area contributed by atoms with Crippen LogP contribution in [0.1, 0.15) is 65.2 Å². The molecule has 0 bridgehead atoms. The minimum Gasteiger partial charge on any atom is -0.390 e. The number of nitrogens with one attached hydrogen (secondary N) is 1. The van der Waals surface area contributed by atoms with Crippen molar-refractivity contribution in [3.05, 3.63) is 18.7 Å². The number of halogens is 1. The summed E-state index contributed by atoms with van der Waals surface area (Å²) in [6.45, 7) is 4.23. The molecule has 4 aliphatic rings. The Morgan fingerprint density at radius 2 is 1.88 bits per heavy atom. The standard InChI is InChI=1S/C26H38FN3O2/c1-25(32)7-5-19-16(10-25)3-4-21-20(19)6-8-26(2)22(9-17(11-27)24(21)26)23(31)14-30-18-12-28-15-29-13-18/h12-13,15-17,19-22,24,30,32H,3-11,14H2,1-2H3/t16-,17+,19+,20-,21-,22-,24+,25-,26-/m1/s1. The summed E-state index contributed by atoms with van der Waals surface area (Å²) in [4.78, 5) is 21.3. The molecule has 32 heavy (non-hydrogen) atoms. The van der Waals surface area contributed by atoms with Crippen LogP contribution in [-0.2, 0) is 4.79 Å². The first-order chi connectivity index (χ1) is 15.3. The number of ketones is 1. The molecule has 1 aromatic rings. The molecular formula is C26H38FN3O2. The maximum Gasteiger partial charge on any atom is 0.155 e. The van der Waals surface area contributed by atoms with Crippen LogP contribution in [0.3, 0.4) is 0 Å². The van der Waals surface area contributed by atoms with Crippen LogP contribution in [0.4, 0.5) is 10.1 Å². The monoisotopic (exact) mass is 443 g/mol. The summed E-state index contributed by atoms with van der Waals surface area (Å²) < 4.78 is 14.3. The van der Waals surface area contributed by atoms with Crippen molar-refractivity contribution >= 4 is 11.5 Å². The van der Waals surface area contributed by atoms with E-state index in [0.29, 0.717) is 36.0 Å². The number of nitrogens with zero attached hydrogens (tertiary/aromatic N) is 2. The second-order valence-electron chi connectivity index (χ2n) is 11.8. The molecule has 0 aromatic carbocycles. The first kappa shape index (κ1) is 22.2. The van der Waals surface area contributed by atoms with Crippen LogP contribution in [0.15, 0.2) is 18.7 Å². The lowest BCUT2D eigenvalue weighted by Gasteiger charge is -2.57. The van der Waals surface area contributed by atoms with E-state index in [-0.39, 0.29) is 36.3 Å². The maximum absolute atomic E-state index is 14.3. The highest BCUT2D eigenvalue weighted by Gasteiger charge is 2.61. The van der Waals surface area contributed by atoms with Gasteiger partial charge in [-0.05, 0) is 99.2 Å². The van der Waals surface area contributed by atoms with Crippen LogP contribution in [0.25, 0.3) is 0 Å². The number of hydrogen-bond donors (Lipinski definition) is 2. The summed E-state index contributed by atoms with van der Waals surface area (Å²) in [6, 6.07) is 0. The lowest BCUT2D eigenvalue weighted by atomic mass is 9.48. The van der Waals surface area contributed by atoms with E-state index in [0.717, 1.165) is 50.6 Å². The molecule has 0 unspecified atom stereocenters. The van der Waals surface area contributed by atoms with Crippen LogP contribution < -0.4 is 5.32 Å². The fraction of sp³-hybridized carbons (Fsp3) is 0.808. The van der Waals surface area contributed by atoms with Gasteiger partial charge in [-0.3, -0.25) is 9.18 Å². The topological polar surface area (TPSA) is 75.1 Å². The molecule has 5 rings (SSSR count). The van der Waals surface area contributed by atoms with Crippen molar-refractivity contribution in [2.45, 2.75) is 70.8 Å². The van der Waals surface area contributed by atoms with E-state index in [4.69, 9.17) is 0 Å². The molecule has 176 valence electrons. The maximum atomic E-state index is 14.3. The third-order valence-corrected chi connectivity index (χ3v) is 9.99. The van der Waals surface area contributed by atoms with E-state index in [1.807, 2.05) is 6.92 Å². The molecule has 4 saturated carbocycles. The van der Waals surface area contributed by atoms with Gasteiger partial charge < -0.3 is 10.4 Å². The Morgan fingerprint density at radius 3 is 2.62 bits per heavy atom. The summed E-state index contributed by atoms with van der Waals surface area (Å²) >= 11 is 0. The molecule has 1 aromatic heterocycles. The van der Waals surface area contributed by atoms with Gasteiger partial charge in [0.2, 0.25) is 0 Å². The van der Waals surface area contributed by atoms with Gasteiger partial charge in [-0.25, -0.2) is 9.97 Å². The Kier molecular flexibility index (Phi) is 5.80. The molecule has 6 heteroatoms. The van der Waals surface area contributed by atoms with Crippen molar-refractivity contribution < 1.29 is 14.3 Å². The number of aromatic nitrogens is 2. The molecule has 5 nitrogen and oxygen atoms in total. The molecule has 4 aliphatic carbocycles. The number of aliphatic hydroxyl groups is 1. The summed E-state index contributed by atoms with van der Waals surface area (Å²) in [6.07, 6.45) is 12.9. The van der Waals surface area contributed by atoms with E-state index in [2.05, 4.69) is 22.2 Å². The van der Waals surface area contributed by atoms with Gasteiger partial charge in [0.25, 0.3) is 0 Å². The van der Waals surface area contributed by atoms with Gasteiger partial charge in [0, 0.05) is 5.92 Å². The third kappa shape index (κ3) is 3.76. The number of carbonyl (C=O) groups excluding carboxylic acids is 1. The number of carbonyl (C=O) groups is 1. The highest BCUT2D eigenvalue weighted by atomic mass is 19.1. The number of Topliss-reactive ketones (excluding diaryl/α,β-unsaturated/α-hetero) is 1. The van der Waals surface area contributed by atoms with Crippen LogP contribution in [0.2, 0.25) is 0 Å². The predicted octanol–water partition coefficient (Wildman–Crippen LogP) is 4.67. The SMILES string of the molecule is C[C@@]1(O)CC[C@H]2[C@H](CC[C@@H]3[C@@H]2CC[C@@]2(C)[C@H]3[C@H](CF)C[C@@H]2C(=O)CNc2cncnc2)C1. The minimum atomic E-state index is -0.514. The number of anilines is 1. The van der Waals surface area contributed by atoms with E-state index in [9.17, 15) is 14.3 Å². The van der Waals surface area contributed by atoms with Gasteiger partial charge in [0.15, 0.2) is 5.78 Å². The summed E-state index contributed by atoms with van der Waals surface area (Å²) in [7, 11) is 0. The fourth-order valence-electron chi connectivity index (χ4n) is 8.73. The molecule has 4 fully saturated rings. The first-order valence-electron chi connectivity index (χ1n) is 12.6. The lowest BCUT2D eigenvalue weighted by molar-refractivity contribution is -0.131. The van der Waals surface area contributed by atoms with Crippen molar-refractivity contribution in [2.24, 2.45) is 46.8 Å². The van der Waals surface area contributed by atoms with Gasteiger partial charge in [-0.1, -0.05) is 6.92 Å². The molecule has 9 atom stereocenters. The number of rotatable bonds is 5. The molecule has 0 amide bonds. The van der Waals surface area contributed by atoms with Crippen LogP contribution in [0, 0.1) is 46.8 Å². The summed E-state index contributed by atoms with van der Waals surface area (Å²) in [5.41, 5.74) is 0.134. The third-order valence-electron chi connectivity index (χ3n) is 9.99. The van der Waals surface area contributed by atoms with Gasteiger partial charge in [0.05, 0.1) is 36.9 Å². The van der Waals surface area contributed by atoms with E-state index in [1.165, 1.54) is 6.33 Å². The van der Waals surface area contributed by atoms with Gasteiger partial charge in [-0.2, -0.15) is 0 Å². The summed E-state index contributed by atoms with van der Waals surface area (Å²) in [5.74, 6) is 2.91. The van der Waals surface area contributed by atoms with Crippen molar-refractivity contribution in [3.8, 4) is 0 Å². The van der Waals surface area contributed by atoms with Crippen molar-refractivity contribution in [1.29, 1.82) is 0 Å². The normalized spacial score (nSPS) is 45.4. The largest absolute Gasteiger partial charge is 0.390 e. The zero-order chi connectivity index (χ0) is 22.5. The first-order valence-corrected chi connectivity index (χ1v) is 12.6. The summed E-state index contributed by atoms with van der Waals surface area (Å²) in [5, 5.41) is 13.8. The Hall–Kier alpha value is -1.56. The van der Waals surface area contributed by atoms with E-state index >= 15 is 0 Å². The Morgan fingerprint density at radius 1 is 1.12 bits per heavy atom. The Bertz CT molecular complexity index is 834. The van der Waals surface area contributed by atoms with Gasteiger partial charge in [0.1, 0.15) is 6.33 Å². The average Bonchev–Trinajstić information content (AvgIpc) is 3.10. The molecule has 0 aliphatic heterocycles. The lowest BCUT2D eigenvalue weighted by Crippen LogP contribution is -2.52. The highest BCUT2D eigenvalue weighted by molar-refractivity contribution is 5.86. The Labute approximate surface area is 191 Å². The van der Waals surface area contributed by atoms with E-state index in [1.54, 1.807) is 12.4 Å². The molecular weight excluding hydrogens is 405 g/mol. The van der Waals surface area contributed by atoms with Crippen molar-refractivity contribution in [1.82, 2.24) is 9.97 Å². The van der Waals surface area contributed by atoms with Crippen molar-refractivity contribution in [2.75, 3.05) is 18.5 Å². The van der Waals surface area contributed by atoms with Crippen LogP contribution in [-0.4, -0.2) is 39.7 Å². The smallest absolute Gasteiger partial charge is 0.155 e. The molecule has 0 radical (unpaired) electrons. The number of hydrogen-bond acceptors (Lipinski definition) is 5. The number of fused-ring (bicyclic) bond motifs is 5. The quantitative estimate of drug-likeness (QED) is 0.692. The Balaban J connectivity index is 1.33. The second kappa shape index (κ2) is 8.34. The van der Waals surface area contributed by atoms with Crippen molar-refractivity contribution in [3.63, 3.8) is 0 Å². The predicted molar refractivity (Wildman–Crippen MR) is 122 cm³/mol. The molecule has 1 heterocycles. The molecule has 2 N–H and O–H groups in total. The second-order valence-corrected chi connectivity index (χ2v) is 11.8. The fourth-order valence-corrected chi connectivity index (χ4v) is 8.73. The number of alkyl halides is 1. The van der Waals surface area contributed by atoms with Gasteiger partial charge >= 0.3 is 0 Å². The van der Waals surface area contributed by atoms with Gasteiger partial charge in [-0.15, -0.1) is 0 Å². The minimum absolute atomic E-state index is 0.00468. The zero-order valence-electron chi connectivity index (χ0n) is 19.5.